The fraction of sp³-hybridized carbons (Fsp3) is 0.130. The molecule has 0 aliphatic rings. The smallest absolute Gasteiger partial charge is 0.268 e. The Morgan fingerprint density at radius 2 is 1.61 bits per heavy atom. The molecule has 5 nitrogen and oxygen atoms in total. The van der Waals surface area contributed by atoms with Crippen LogP contribution in [0.2, 0.25) is 0 Å². The summed E-state index contributed by atoms with van der Waals surface area (Å²) in [5.41, 5.74) is 13.3. The zero-order valence-electron chi connectivity index (χ0n) is 16.6. The largest absolute Gasteiger partial charge is 0.370 e. The van der Waals surface area contributed by atoms with Crippen molar-refractivity contribution in [3.8, 4) is 0 Å². The molecule has 0 heterocycles. The molecule has 0 saturated carbocycles. The van der Waals surface area contributed by atoms with Crippen molar-refractivity contribution in [3.63, 3.8) is 0 Å². The molecule has 0 aromatic rings. The number of carbonyl (C=O) groups excluding carboxylic acids is 1. The van der Waals surface area contributed by atoms with Gasteiger partial charge in [0.2, 0.25) is 0 Å². The van der Waals surface area contributed by atoms with Crippen LogP contribution in [0.1, 0.15) is 13.3 Å². The van der Waals surface area contributed by atoms with Crippen molar-refractivity contribution in [2.24, 2.45) is 16.5 Å². The van der Waals surface area contributed by atoms with E-state index in [0.29, 0.717) is 17.0 Å². The van der Waals surface area contributed by atoms with Crippen LogP contribution in [0.25, 0.3) is 0 Å². The van der Waals surface area contributed by atoms with Crippen LogP contribution < -0.4 is 11.5 Å². The lowest BCUT2D eigenvalue weighted by atomic mass is 10.1. The van der Waals surface area contributed by atoms with Gasteiger partial charge in [-0.25, -0.2) is 0 Å². The molecule has 148 valence electrons. The molecule has 0 saturated heterocycles. The Bertz CT molecular complexity index is 772. The number of amides is 1. The maximum Gasteiger partial charge on any atom is 0.268 e. The Hall–Kier alpha value is -3.60. The molecule has 0 aromatic heterocycles. The van der Waals surface area contributed by atoms with Crippen LogP contribution in [-0.2, 0) is 4.79 Å². The van der Waals surface area contributed by atoms with Crippen molar-refractivity contribution in [1.29, 1.82) is 0 Å². The van der Waals surface area contributed by atoms with E-state index < -0.39 is 5.91 Å². The van der Waals surface area contributed by atoms with E-state index in [1.807, 2.05) is 25.2 Å². The van der Waals surface area contributed by atoms with Gasteiger partial charge in [-0.2, -0.15) is 4.99 Å². The molecule has 5 heteroatoms. The molecule has 0 rings (SSSR count). The summed E-state index contributed by atoms with van der Waals surface area (Å²) >= 11 is 0. The molecule has 1 amide bonds. The lowest BCUT2D eigenvalue weighted by molar-refractivity contribution is -0.118. The lowest BCUT2D eigenvalue weighted by Gasteiger charge is -2.29. The van der Waals surface area contributed by atoms with Crippen LogP contribution in [0.4, 0.5) is 0 Å². The van der Waals surface area contributed by atoms with Crippen molar-refractivity contribution in [1.82, 2.24) is 4.90 Å². The summed E-state index contributed by atoms with van der Waals surface area (Å²) in [6, 6.07) is 0. The molecule has 0 radical (unpaired) electrons. The van der Waals surface area contributed by atoms with Gasteiger partial charge in [0.05, 0.1) is 0 Å². The first-order valence-corrected chi connectivity index (χ1v) is 8.71. The highest BCUT2D eigenvalue weighted by Crippen LogP contribution is 2.25. The number of nitrogens with zero attached hydrogens (tertiary/aromatic N) is 2. The van der Waals surface area contributed by atoms with Crippen LogP contribution >= 0.6 is 0 Å². The second-order valence-electron chi connectivity index (χ2n) is 5.52. The standard InChI is InChI=1S/C23H30N4O/c1-7-11-13-16-20(10-4)18(5)27(17-22(28)26-23(24)25)19(6)21(14-9-3)15-12-8-2/h7-8,10-16H,1-2,4-6,9,17H2,3H3,(H4,24,25,26,28)/b13-11-,15-12-,20-16+,21-14+. The van der Waals surface area contributed by atoms with Crippen LogP contribution in [0, 0.1) is 0 Å². The zero-order chi connectivity index (χ0) is 21.5. The number of carbonyl (C=O) groups is 1. The minimum Gasteiger partial charge on any atom is -0.370 e. The third kappa shape index (κ3) is 8.67. The third-order valence-corrected chi connectivity index (χ3v) is 3.44. The molecular formula is C23H30N4O. The average Bonchev–Trinajstić information content (AvgIpc) is 2.65. The van der Waals surface area contributed by atoms with Crippen LogP contribution in [0.3, 0.4) is 0 Å². The molecule has 0 aliphatic heterocycles. The maximum absolute atomic E-state index is 12.2. The molecule has 4 N–H and O–H groups in total. The lowest BCUT2D eigenvalue weighted by Crippen LogP contribution is -2.31. The predicted molar refractivity (Wildman–Crippen MR) is 121 cm³/mol. The van der Waals surface area contributed by atoms with E-state index in [1.54, 1.807) is 41.4 Å². The molecule has 0 unspecified atom stereocenters. The van der Waals surface area contributed by atoms with E-state index in [4.69, 9.17) is 11.5 Å². The van der Waals surface area contributed by atoms with Crippen molar-refractivity contribution < 1.29 is 4.79 Å². The fourth-order valence-electron chi connectivity index (χ4n) is 2.17. The highest BCUT2D eigenvalue weighted by molar-refractivity contribution is 5.92. The van der Waals surface area contributed by atoms with E-state index in [0.717, 1.165) is 12.0 Å². The fourth-order valence-corrected chi connectivity index (χ4v) is 2.17. The van der Waals surface area contributed by atoms with E-state index >= 15 is 0 Å². The number of rotatable bonds is 12. The Morgan fingerprint density at radius 1 is 1.00 bits per heavy atom. The van der Waals surface area contributed by atoms with E-state index in [1.165, 1.54) is 0 Å². The SMILES string of the molecule is C=C/C=C\C=C(/C=C)C(=C)N(CC(=O)N=C(N)N)C(=C)C(/C=C\C=C)=C/CC. The Kier molecular flexibility index (Phi) is 11.8. The number of nitrogens with two attached hydrogens (primary N) is 2. The van der Waals surface area contributed by atoms with Crippen LogP contribution in [0.5, 0.6) is 0 Å². The summed E-state index contributed by atoms with van der Waals surface area (Å²) < 4.78 is 0. The van der Waals surface area contributed by atoms with Gasteiger partial charge in [0, 0.05) is 11.4 Å². The first-order chi connectivity index (χ1) is 13.3. The summed E-state index contributed by atoms with van der Waals surface area (Å²) in [5, 5.41) is 0. The third-order valence-electron chi connectivity index (χ3n) is 3.44. The number of aliphatic imine (C=N–C) groups is 1. The number of allylic oxidation sites excluding steroid dienone is 9. The number of hydrogen-bond donors (Lipinski definition) is 2. The van der Waals surface area contributed by atoms with Gasteiger partial charge in [-0.05, 0) is 17.6 Å². The van der Waals surface area contributed by atoms with E-state index in [2.05, 4.69) is 37.9 Å². The van der Waals surface area contributed by atoms with Crippen LogP contribution in [0.15, 0.2) is 115 Å². The van der Waals surface area contributed by atoms with Gasteiger partial charge in [-0.3, -0.25) is 4.79 Å². The zero-order valence-corrected chi connectivity index (χ0v) is 16.6. The van der Waals surface area contributed by atoms with Gasteiger partial charge >= 0.3 is 0 Å². The first kappa shape index (κ1) is 24.4. The van der Waals surface area contributed by atoms with Gasteiger partial charge in [0.15, 0.2) is 5.96 Å². The molecular weight excluding hydrogens is 348 g/mol. The van der Waals surface area contributed by atoms with Crippen LogP contribution in [-0.4, -0.2) is 23.3 Å². The highest BCUT2D eigenvalue weighted by Gasteiger charge is 2.19. The Balaban J connectivity index is 6.14. The van der Waals surface area contributed by atoms with Gasteiger partial charge in [-0.1, -0.05) is 94.5 Å². The summed E-state index contributed by atoms with van der Waals surface area (Å²) in [7, 11) is 0. The monoisotopic (exact) mass is 378 g/mol. The van der Waals surface area contributed by atoms with Crippen molar-refractivity contribution in [2.45, 2.75) is 13.3 Å². The molecule has 0 aromatic carbocycles. The first-order valence-electron chi connectivity index (χ1n) is 8.71. The summed E-state index contributed by atoms with van der Waals surface area (Å²) in [4.78, 5) is 17.5. The molecule has 0 fully saturated rings. The second-order valence-corrected chi connectivity index (χ2v) is 5.52. The maximum atomic E-state index is 12.2. The van der Waals surface area contributed by atoms with Gasteiger partial charge < -0.3 is 16.4 Å². The van der Waals surface area contributed by atoms with Gasteiger partial charge in [0.25, 0.3) is 5.91 Å². The molecule has 0 atom stereocenters. The minimum atomic E-state index is -0.518. The summed E-state index contributed by atoms with van der Waals surface area (Å²) in [5.74, 6) is -0.818. The quantitative estimate of drug-likeness (QED) is 0.305. The van der Waals surface area contributed by atoms with Gasteiger partial charge in [0.1, 0.15) is 6.54 Å². The molecule has 28 heavy (non-hydrogen) atoms. The molecule has 0 spiro atoms. The highest BCUT2D eigenvalue weighted by atomic mass is 16.1. The molecule has 0 aliphatic carbocycles. The normalized spacial score (nSPS) is 11.9. The Labute approximate surface area is 168 Å². The van der Waals surface area contributed by atoms with Crippen molar-refractivity contribution in [2.75, 3.05) is 6.54 Å². The number of guanidine groups is 1. The van der Waals surface area contributed by atoms with E-state index in [9.17, 15) is 4.79 Å². The van der Waals surface area contributed by atoms with E-state index in [-0.39, 0.29) is 12.5 Å². The van der Waals surface area contributed by atoms with Crippen molar-refractivity contribution in [3.05, 3.63) is 110 Å². The summed E-state index contributed by atoms with van der Waals surface area (Å²) in [6.45, 7) is 21.3. The Morgan fingerprint density at radius 3 is 2.11 bits per heavy atom. The number of hydrogen-bond acceptors (Lipinski definition) is 2. The topological polar surface area (TPSA) is 84.7 Å². The summed E-state index contributed by atoms with van der Waals surface area (Å²) in [6.07, 6.45) is 16.8. The average molecular weight is 379 g/mol. The van der Waals surface area contributed by atoms with Gasteiger partial charge in [-0.15, -0.1) is 0 Å². The predicted octanol–water partition coefficient (Wildman–Crippen LogP) is 4.05. The second kappa shape index (κ2) is 13.6. The van der Waals surface area contributed by atoms with Crippen molar-refractivity contribution >= 4 is 11.9 Å². The molecule has 0 bridgehead atoms. The minimum absolute atomic E-state index is 0.130.